The lowest BCUT2D eigenvalue weighted by Gasteiger charge is -2.11. The molecule has 0 N–H and O–H groups in total. The van der Waals surface area contributed by atoms with Gasteiger partial charge in [0, 0.05) is 25.9 Å². The number of esters is 1. The van der Waals surface area contributed by atoms with Crippen LogP contribution in [-0.2, 0) is 9.53 Å². The van der Waals surface area contributed by atoms with Crippen LogP contribution >= 0.6 is 0 Å². The predicted molar refractivity (Wildman–Crippen MR) is 75.7 cm³/mol. The Morgan fingerprint density at radius 3 is 2.50 bits per heavy atom. The molecule has 0 unspecified atom stereocenters. The van der Waals surface area contributed by atoms with Gasteiger partial charge in [-0.3, -0.25) is 0 Å². The molecule has 0 radical (unpaired) electrons. The summed E-state index contributed by atoms with van der Waals surface area (Å²) < 4.78 is 5.03. The van der Waals surface area contributed by atoms with E-state index in [1.165, 1.54) is 6.08 Å². The Hall–Kier alpha value is -1.77. The molecule has 0 aliphatic heterocycles. The molecule has 0 aliphatic carbocycles. The third kappa shape index (κ3) is 5.04. The van der Waals surface area contributed by atoms with Crippen molar-refractivity contribution in [2.75, 3.05) is 25.6 Å². The molecule has 0 aromatic heterocycles. The lowest BCUT2D eigenvalue weighted by molar-refractivity contribution is -0.137. The number of rotatable bonds is 6. The molecule has 0 bridgehead atoms. The van der Waals surface area contributed by atoms with Crippen LogP contribution in [0.3, 0.4) is 0 Å². The highest BCUT2D eigenvalue weighted by molar-refractivity contribution is 5.87. The van der Waals surface area contributed by atoms with E-state index < -0.39 is 0 Å². The molecule has 0 atom stereocenters. The molecule has 0 saturated carbocycles. The maximum atomic E-state index is 11.3. The average Bonchev–Trinajstić information content (AvgIpc) is 2.37. The molecule has 0 aliphatic rings. The van der Waals surface area contributed by atoms with Crippen LogP contribution in [0.25, 0.3) is 6.08 Å². The Morgan fingerprint density at radius 2 is 1.94 bits per heavy atom. The molecular formula is C15H21NO2. The normalized spacial score (nSPS) is 10.6. The van der Waals surface area contributed by atoms with Gasteiger partial charge in [-0.1, -0.05) is 25.5 Å². The highest BCUT2D eigenvalue weighted by Crippen LogP contribution is 2.13. The topological polar surface area (TPSA) is 29.5 Å². The zero-order valence-electron chi connectivity index (χ0n) is 11.3. The Balaban J connectivity index is 2.48. The van der Waals surface area contributed by atoms with E-state index in [4.69, 9.17) is 4.74 Å². The van der Waals surface area contributed by atoms with Crippen molar-refractivity contribution in [1.29, 1.82) is 0 Å². The number of hydrogen-bond acceptors (Lipinski definition) is 3. The minimum atomic E-state index is -0.278. The summed E-state index contributed by atoms with van der Waals surface area (Å²) in [6, 6.07) is 7.99. The first-order chi connectivity index (χ1) is 8.63. The number of anilines is 1. The van der Waals surface area contributed by atoms with E-state index in [9.17, 15) is 4.79 Å². The quantitative estimate of drug-likeness (QED) is 0.439. The molecule has 1 rings (SSSR count). The van der Waals surface area contributed by atoms with Crippen LogP contribution in [0.2, 0.25) is 0 Å². The Kier molecular flexibility index (Phi) is 5.98. The van der Waals surface area contributed by atoms with Crippen LogP contribution in [0.15, 0.2) is 30.3 Å². The minimum Gasteiger partial charge on any atom is -0.463 e. The Bertz CT molecular complexity index is 393. The number of carbonyl (C=O) groups is 1. The molecular weight excluding hydrogens is 226 g/mol. The summed E-state index contributed by atoms with van der Waals surface area (Å²) in [6.07, 6.45) is 5.19. The first-order valence-electron chi connectivity index (χ1n) is 6.25. The second-order valence-electron chi connectivity index (χ2n) is 4.34. The van der Waals surface area contributed by atoms with Gasteiger partial charge < -0.3 is 9.64 Å². The van der Waals surface area contributed by atoms with E-state index in [0.717, 1.165) is 24.1 Å². The highest BCUT2D eigenvalue weighted by atomic mass is 16.5. The molecule has 3 heteroatoms. The minimum absolute atomic E-state index is 0.278. The summed E-state index contributed by atoms with van der Waals surface area (Å²) in [6.45, 7) is 2.56. The zero-order valence-corrected chi connectivity index (χ0v) is 11.3. The average molecular weight is 247 g/mol. The molecule has 3 nitrogen and oxygen atoms in total. The van der Waals surface area contributed by atoms with E-state index in [0.29, 0.717) is 6.61 Å². The number of ether oxygens (including phenoxy) is 1. The van der Waals surface area contributed by atoms with Crippen LogP contribution in [0.1, 0.15) is 25.3 Å². The third-order valence-corrected chi connectivity index (χ3v) is 2.56. The fourth-order valence-electron chi connectivity index (χ4n) is 1.41. The molecule has 1 aromatic carbocycles. The van der Waals surface area contributed by atoms with Gasteiger partial charge in [-0.2, -0.15) is 0 Å². The van der Waals surface area contributed by atoms with Gasteiger partial charge in [-0.15, -0.1) is 0 Å². The van der Waals surface area contributed by atoms with Gasteiger partial charge >= 0.3 is 5.97 Å². The first-order valence-corrected chi connectivity index (χ1v) is 6.25. The van der Waals surface area contributed by atoms with Crippen molar-refractivity contribution in [1.82, 2.24) is 0 Å². The fraction of sp³-hybridized carbons (Fsp3) is 0.400. The van der Waals surface area contributed by atoms with Gasteiger partial charge in [-0.05, 0) is 30.2 Å². The van der Waals surface area contributed by atoms with Crippen molar-refractivity contribution in [3.05, 3.63) is 35.9 Å². The molecule has 1 aromatic rings. The van der Waals surface area contributed by atoms with Gasteiger partial charge in [-0.25, -0.2) is 4.79 Å². The Labute approximate surface area is 109 Å². The maximum absolute atomic E-state index is 11.3. The molecule has 18 heavy (non-hydrogen) atoms. The zero-order chi connectivity index (χ0) is 13.4. The van der Waals surface area contributed by atoms with Crippen molar-refractivity contribution >= 4 is 17.7 Å². The van der Waals surface area contributed by atoms with Crippen molar-refractivity contribution in [2.45, 2.75) is 19.8 Å². The largest absolute Gasteiger partial charge is 0.463 e. The molecule has 0 spiro atoms. The molecule has 0 heterocycles. The van der Waals surface area contributed by atoms with Crippen LogP contribution in [0.5, 0.6) is 0 Å². The van der Waals surface area contributed by atoms with E-state index in [1.807, 2.05) is 43.3 Å². The van der Waals surface area contributed by atoms with Gasteiger partial charge in [0.2, 0.25) is 0 Å². The van der Waals surface area contributed by atoms with Crippen LogP contribution in [-0.4, -0.2) is 26.7 Å². The number of benzene rings is 1. The van der Waals surface area contributed by atoms with Gasteiger partial charge in [0.1, 0.15) is 0 Å². The fourth-order valence-corrected chi connectivity index (χ4v) is 1.41. The summed E-state index contributed by atoms with van der Waals surface area (Å²) in [4.78, 5) is 13.4. The van der Waals surface area contributed by atoms with E-state index in [-0.39, 0.29) is 5.97 Å². The third-order valence-electron chi connectivity index (χ3n) is 2.56. The van der Waals surface area contributed by atoms with Gasteiger partial charge in [0.05, 0.1) is 6.61 Å². The van der Waals surface area contributed by atoms with E-state index >= 15 is 0 Å². The molecule has 0 saturated heterocycles. The molecule has 98 valence electrons. The monoisotopic (exact) mass is 247 g/mol. The SMILES string of the molecule is CCCCOC(=O)C=Cc1ccc(N(C)C)cc1. The number of unbranched alkanes of at least 4 members (excludes halogenated alkanes) is 1. The number of hydrogen-bond donors (Lipinski definition) is 0. The second-order valence-corrected chi connectivity index (χ2v) is 4.34. The smallest absolute Gasteiger partial charge is 0.330 e. The van der Waals surface area contributed by atoms with Crippen LogP contribution in [0, 0.1) is 0 Å². The van der Waals surface area contributed by atoms with E-state index in [2.05, 4.69) is 6.92 Å². The molecule has 0 fully saturated rings. The van der Waals surface area contributed by atoms with Crippen molar-refractivity contribution < 1.29 is 9.53 Å². The highest BCUT2D eigenvalue weighted by Gasteiger charge is 1.97. The lowest BCUT2D eigenvalue weighted by atomic mass is 10.2. The summed E-state index contributed by atoms with van der Waals surface area (Å²) in [5, 5.41) is 0. The summed E-state index contributed by atoms with van der Waals surface area (Å²) in [5.41, 5.74) is 2.13. The number of nitrogens with zero attached hydrogens (tertiary/aromatic N) is 1. The Morgan fingerprint density at radius 1 is 1.28 bits per heavy atom. The van der Waals surface area contributed by atoms with Gasteiger partial charge in [0.25, 0.3) is 0 Å². The van der Waals surface area contributed by atoms with Crippen LogP contribution < -0.4 is 4.90 Å². The summed E-state index contributed by atoms with van der Waals surface area (Å²) in [7, 11) is 3.99. The van der Waals surface area contributed by atoms with Crippen molar-refractivity contribution in [3.63, 3.8) is 0 Å². The van der Waals surface area contributed by atoms with E-state index in [1.54, 1.807) is 6.08 Å². The van der Waals surface area contributed by atoms with Crippen molar-refractivity contribution in [2.24, 2.45) is 0 Å². The van der Waals surface area contributed by atoms with Crippen molar-refractivity contribution in [3.8, 4) is 0 Å². The molecule has 0 amide bonds. The van der Waals surface area contributed by atoms with Crippen LogP contribution in [0.4, 0.5) is 5.69 Å². The summed E-state index contributed by atoms with van der Waals surface area (Å²) in [5.74, 6) is -0.278. The van der Waals surface area contributed by atoms with Gasteiger partial charge in [0.15, 0.2) is 0 Å². The lowest BCUT2D eigenvalue weighted by Crippen LogP contribution is -2.07. The summed E-state index contributed by atoms with van der Waals surface area (Å²) >= 11 is 0. The second kappa shape index (κ2) is 7.54. The maximum Gasteiger partial charge on any atom is 0.330 e. The predicted octanol–water partition coefficient (Wildman–Crippen LogP) is 3.11. The number of carbonyl (C=O) groups excluding carboxylic acids is 1. The standard InChI is InChI=1S/C15H21NO2/c1-4-5-12-18-15(17)11-8-13-6-9-14(10-7-13)16(2)3/h6-11H,4-5,12H2,1-3H3. The first kappa shape index (κ1) is 14.3.